The molecule has 0 atom stereocenters. The number of halogens is 1. The lowest BCUT2D eigenvalue weighted by Gasteiger charge is -2.08. The van der Waals surface area contributed by atoms with Crippen molar-refractivity contribution in [2.24, 2.45) is 5.92 Å². The molecule has 1 rings (SSSR count). The summed E-state index contributed by atoms with van der Waals surface area (Å²) in [6.45, 7) is 7.33. The maximum atomic E-state index is 5.65. The molecular weight excluding hydrogens is 313 g/mol. The Bertz CT molecular complexity index is 302. The normalized spacial score (nSPS) is 10.8. The SMILES string of the molecule is CC(C)CNCCCOc1cccc(I)c1. The maximum absolute atomic E-state index is 5.65. The van der Waals surface area contributed by atoms with E-state index in [0.29, 0.717) is 0 Å². The summed E-state index contributed by atoms with van der Waals surface area (Å²) >= 11 is 2.29. The Balaban J connectivity index is 2.07. The standard InChI is InChI=1S/C13H20INO/c1-11(2)10-15-7-4-8-16-13-6-3-5-12(14)9-13/h3,5-6,9,11,15H,4,7-8,10H2,1-2H3. The molecule has 0 aliphatic carbocycles. The van der Waals surface area contributed by atoms with E-state index in [-0.39, 0.29) is 0 Å². The van der Waals surface area contributed by atoms with Crippen LogP contribution in [0.1, 0.15) is 20.3 Å². The first-order valence-corrected chi connectivity index (χ1v) is 6.85. The smallest absolute Gasteiger partial charge is 0.120 e. The summed E-state index contributed by atoms with van der Waals surface area (Å²) in [7, 11) is 0. The van der Waals surface area contributed by atoms with Gasteiger partial charge in [0.25, 0.3) is 0 Å². The summed E-state index contributed by atoms with van der Waals surface area (Å²) in [5, 5.41) is 3.40. The molecule has 0 radical (unpaired) electrons. The Morgan fingerprint density at radius 2 is 2.19 bits per heavy atom. The first-order chi connectivity index (χ1) is 7.68. The molecular formula is C13H20INO. The van der Waals surface area contributed by atoms with Crippen molar-refractivity contribution in [3.05, 3.63) is 27.8 Å². The van der Waals surface area contributed by atoms with Crippen molar-refractivity contribution >= 4 is 22.6 Å². The van der Waals surface area contributed by atoms with Gasteiger partial charge in [-0.05, 0) is 66.2 Å². The monoisotopic (exact) mass is 333 g/mol. The van der Waals surface area contributed by atoms with Gasteiger partial charge in [-0.2, -0.15) is 0 Å². The van der Waals surface area contributed by atoms with Gasteiger partial charge in [-0.25, -0.2) is 0 Å². The van der Waals surface area contributed by atoms with Crippen molar-refractivity contribution in [3.8, 4) is 5.75 Å². The summed E-state index contributed by atoms with van der Waals surface area (Å²) in [5.74, 6) is 1.69. The van der Waals surface area contributed by atoms with Crippen LogP contribution in [0.15, 0.2) is 24.3 Å². The molecule has 0 aromatic heterocycles. The quantitative estimate of drug-likeness (QED) is 0.611. The number of rotatable bonds is 7. The molecule has 0 unspecified atom stereocenters. The number of nitrogens with one attached hydrogen (secondary N) is 1. The molecule has 2 nitrogen and oxygen atoms in total. The fraction of sp³-hybridized carbons (Fsp3) is 0.538. The van der Waals surface area contributed by atoms with Gasteiger partial charge in [0, 0.05) is 3.57 Å². The molecule has 0 aliphatic heterocycles. The van der Waals surface area contributed by atoms with Gasteiger partial charge < -0.3 is 10.1 Å². The molecule has 0 aliphatic rings. The first-order valence-electron chi connectivity index (χ1n) is 5.77. The summed E-state index contributed by atoms with van der Waals surface area (Å²) in [5.41, 5.74) is 0. The largest absolute Gasteiger partial charge is 0.494 e. The predicted octanol–water partition coefficient (Wildman–Crippen LogP) is 3.31. The Morgan fingerprint density at radius 1 is 1.38 bits per heavy atom. The molecule has 1 aromatic rings. The molecule has 0 amide bonds. The van der Waals surface area contributed by atoms with E-state index >= 15 is 0 Å². The van der Waals surface area contributed by atoms with Crippen LogP contribution in [0.5, 0.6) is 5.75 Å². The van der Waals surface area contributed by atoms with Gasteiger partial charge in [0.05, 0.1) is 6.61 Å². The van der Waals surface area contributed by atoms with E-state index in [1.165, 1.54) is 3.57 Å². The molecule has 0 heterocycles. The lowest BCUT2D eigenvalue weighted by molar-refractivity contribution is 0.307. The third-order valence-corrected chi connectivity index (χ3v) is 2.79. The molecule has 0 bridgehead atoms. The van der Waals surface area contributed by atoms with Crippen LogP contribution >= 0.6 is 22.6 Å². The van der Waals surface area contributed by atoms with Crippen molar-refractivity contribution in [1.29, 1.82) is 0 Å². The van der Waals surface area contributed by atoms with Gasteiger partial charge in [-0.3, -0.25) is 0 Å². The van der Waals surface area contributed by atoms with Crippen LogP contribution in [0.25, 0.3) is 0 Å². The molecule has 3 heteroatoms. The van der Waals surface area contributed by atoms with E-state index in [1.807, 2.05) is 12.1 Å². The van der Waals surface area contributed by atoms with E-state index < -0.39 is 0 Å². The van der Waals surface area contributed by atoms with Crippen LogP contribution < -0.4 is 10.1 Å². The zero-order valence-electron chi connectivity index (χ0n) is 10.0. The number of hydrogen-bond acceptors (Lipinski definition) is 2. The molecule has 0 saturated heterocycles. The average Bonchev–Trinajstić information content (AvgIpc) is 2.23. The van der Waals surface area contributed by atoms with E-state index in [1.54, 1.807) is 0 Å². The van der Waals surface area contributed by atoms with Gasteiger partial charge >= 0.3 is 0 Å². The van der Waals surface area contributed by atoms with E-state index in [2.05, 4.69) is 53.9 Å². The lowest BCUT2D eigenvalue weighted by atomic mass is 10.2. The Morgan fingerprint density at radius 3 is 2.88 bits per heavy atom. The third kappa shape index (κ3) is 6.33. The third-order valence-electron chi connectivity index (χ3n) is 2.12. The molecule has 0 saturated carbocycles. The van der Waals surface area contributed by atoms with Crippen LogP contribution in [-0.2, 0) is 0 Å². The molecule has 1 aromatic carbocycles. The zero-order chi connectivity index (χ0) is 11.8. The topological polar surface area (TPSA) is 21.3 Å². The fourth-order valence-corrected chi connectivity index (χ4v) is 1.85. The average molecular weight is 333 g/mol. The second-order valence-electron chi connectivity index (χ2n) is 4.26. The Kier molecular flexibility index (Phi) is 6.80. The lowest BCUT2D eigenvalue weighted by Crippen LogP contribution is -2.22. The van der Waals surface area contributed by atoms with Gasteiger partial charge in [-0.1, -0.05) is 19.9 Å². The van der Waals surface area contributed by atoms with Crippen LogP contribution in [0.2, 0.25) is 0 Å². The predicted molar refractivity (Wildman–Crippen MR) is 77.0 cm³/mol. The van der Waals surface area contributed by atoms with Crippen LogP contribution in [0.4, 0.5) is 0 Å². The van der Waals surface area contributed by atoms with Crippen molar-refractivity contribution in [2.45, 2.75) is 20.3 Å². The number of benzene rings is 1. The van der Waals surface area contributed by atoms with Gasteiger partial charge in [-0.15, -0.1) is 0 Å². The first kappa shape index (κ1) is 13.8. The summed E-state index contributed by atoms with van der Waals surface area (Å²) in [6.07, 6.45) is 1.05. The Labute approximate surface area is 112 Å². The zero-order valence-corrected chi connectivity index (χ0v) is 12.2. The minimum absolute atomic E-state index is 0.719. The second kappa shape index (κ2) is 7.90. The highest BCUT2D eigenvalue weighted by Crippen LogP contribution is 2.14. The molecule has 0 spiro atoms. The molecule has 16 heavy (non-hydrogen) atoms. The highest BCUT2D eigenvalue weighted by Gasteiger charge is 1.95. The van der Waals surface area contributed by atoms with Crippen molar-refractivity contribution in [3.63, 3.8) is 0 Å². The van der Waals surface area contributed by atoms with Crippen molar-refractivity contribution < 1.29 is 4.74 Å². The molecule has 1 N–H and O–H groups in total. The Hall–Kier alpha value is -0.290. The maximum Gasteiger partial charge on any atom is 0.120 e. The summed E-state index contributed by atoms with van der Waals surface area (Å²) in [4.78, 5) is 0. The second-order valence-corrected chi connectivity index (χ2v) is 5.50. The highest BCUT2D eigenvalue weighted by molar-refractivity contribution is 14.1. The van der Waals surface area contributed by atoms with Gasteiger partial charge in [0.15, 0.2) is 0 Å². The van der Waals surface area contributed by atoms with Gasteiger partial charge in [0.1, 0.15) is 5.75 Å². The molecule has 90 valence electrons. The van der Waals surface area contributed by atoms with Crippen molar-refractivity contribution in [2.75, 3.05) is 19.7 Å². The fourth-order valence-electron chi connectivity index (χ4n) is 1.33. The van der Waals surface area contributed by atoms with E-state index in [4.69, 9.17) is 4.74 Å². The number of hydrogen-bond donors (Lipinski definition) is 1. The summed E-state index contributed by atoms with van der Waals surface area (Å²) in [6, 6.07) is 8.15. The minimum Gasteiger partial charge on any atom is -0.494 e. The van der Waals surface area contributed by atoms with Crippen molar-refractivity contribution in [1.82, 2.24) is 5.32 Å². The molecule has 0 fully saturated rings. The van der Waals surface area contributed by atoms with E-state index in [0.717, 1.165) is 37.8 Å². The summed E-state index contributed by atoms with van der Waals surface area (Å²) < 4.78 is 6.86. The van der Waals surface area contributed by atoms with Gasteiger partial charge in [0.2, 0.25) is 0 Å². The number of ether oxygens (including phenoxy) is 1. The van der Waals surface area contributed by atoms with Crippen LogP contribution in [-0.4, -0.2) is 19.7 Å². The van der Waals surface area contributed by atoms with Crippen LogP contribution in [0, 0.1) is 9.49 Å². The van der Waals surface area contributed by atoms with Crippen LogP contribution in [0.3, 0.4) is 0 Å². The van der Waals surface area contributed by atoms with E-state index in [9.17, 15) is 0 Å². The minimum atomic E-state index is 0.719. The highest BCUT2D eigenvalue weighted by atomic mass is 127.